The summed E-state index contributed by atoms with van der Waals surface area (Å²) in [6.07, 6.45) is 5.29. The fourth-order valence-electron chi connectivity index (χ4n) is 6.19. The summed E-state index contributed by atoms with van der Waals surface area (Å²) in [6.45, 7) is 5.98. The molecular formula is C33H39FN6O5. The molecule has 3 aromatic heterocycles. The number of methoxy groups -OCH3 is 1. The average molecular weight is 619 g/mol. The number of ketones is 1. The lowest BCUT2D eigenvalue weighted by atomic mass is 9.88. The summed E-state index contributed by atoms with van der Waals surface area (Å²) >= 11 is 0. The first-order chi connectivity index (χ1) is 21.4. The number of aromatic nitrogens is 4. The van der Waals surface area contributed by atoms with Crippen molar-refractivity contribution in [2.75, 3.05) is 26.1 Å². The van der Waals surface area contributed by atoms with E-state index in [1.165, 1.54) is 24.6 Å². The normalized spacial score (nSPS) is 17.6. The molecule has 238 valence electrons. The number of aliphatic hydroxyl groups is 2. The van der Waals surface area contributed by atoms with Gasteiger partial charge in [0.25, 0.3) is 0 Å². The van der Waals surface area contributed by atoms with E-state index in [0.717, 1.165) is 12.8 Å². The molecule has 4 aromatic rings. The van der Waals surface area contributed by atoms with Crippen LogP contribution >= 0.6 is 0 Å². The monoisotopic (exact) mass is 618 g/mol. The predicted molar refractivity (Wildman–Crippen MR) is 167 cm³/mol. The predicted octanol–water partition coefficient (Wildman–Crippen LogP) is 4.25. The number of likely N-dealkylation sites (tertiary alicyclic amines) is 1. The molecule has 3 unspecified atom stereocenters. The molecule has 1 aliphatic rings. The SMILES string of the molecule is COc1ccc(-c2ccc(-c3cnn4c(N)c(C(C)=O)c(C(C)CC5CCC(C)N5C(=O)C(C)(CO)CO)nc34)cn2)cc1F. The molecule has 4 N–H and O–H groups in total. The topological polar surface area (TPSA) is 156 Å². The van der Waals surface area contributed by atoms with Gasteiger partial charge in [-0.15, -0.1) is 0 Å². The Bertz CT molecular complexity index is 1740. The van der Waals surface area contributed by atoms with Gasteiger partial charge in [0.1, 0.15) is 5.82 Å². The maximum absolute atomic E-state index is 14.3. The van der Waals surface area contributed by atoms with E-state index in [0.29, 0.717) is 40.1 Å². The zero-order chi connectivity index (χ0) is 32.6. The molecule has 1 saturated heterocycles. The number of hydrogen-bond acceptors (Lipinski definition) is 9. The number of nitrogen functional groups attached to an aromatic ring is 1. The molecule has 0 spiro atoms. The molecule has 1 fully saturated rings. The Hall–Kier alpha value is -4.42. The minimum absolute atomic E-state index is 0.0637. The van der Waals surface area contributed by atoms with Crippen LogP contribution in [0.1, 0.15) is 68.9 Å². The van der Waals surface area contributed by atoms with Crippen LogP contribution in [0, 0.1) is 11.2 Å². The lowest BCUT2D eigenvalue weighted by molar-refractivity contribution is -0.149. The Kier molecular flexibility index (Phi) is 8.90. The van der Waals surface area contributed by atoms with Gasteiger partial charge in [0.15, 0.2) is 23.0 Å². The van der Waals surface area contributed by atoms with Gasteiger partial charge in [0.05, 0.1) is 48.9 Å². The number of nitrogens with zero attached hydrogens (tertiary/aromatic N) is 5. The maximum Gasteiger partial charge on any atom is 0.233 e. The van der Waals surface area contributed by atoms with Gasteiger partial charge < -0.3 is 25.6 Å². The average Bonchev–Trinajstić information content (AvgIpc) is 3.63. The second-order valence-corrected chi connectivity index (χ2v) is 12.2. The number of pyridine rings is 1. The third-order valence-electron chi connectivity index (χ3n) is 8.91. The first kappa shape index (κ1) is 32.0. The van der Waals surface area contributed by atoms with Crippen LogP contribution in [0.15, 0.2) is 42.7 Å². The fourth-order valence-corrected chi connectivity index (χ4v) is 6.19. The van der Waals surface area contributed by atoms with Gasteiger partial charge >= 0.3 is 0 Å². The molecule has 11 nitrogen and oxygen atoms in total. The lowest BCUT2D eigenvalue weighted by Crippen LogP contribution is -2.51. The summed E-state index contributed by atoms with van der Waals surface area (Å²) in [7, 11) is 1.41. The summed E-state index contributed by atoms with van der Waals surface area (Å²) in [5.41, 5.74) is 9.01. The lowest BCUT2D eigenvalue weighted by Gasteiger charge is -2.37. The first-order valence-corrected chi connectivity index (χ1v) is 15.0. The number of aliphatic hydroxyl groups excluding tert-OH is 2. The van der Waals surface area contributed by atoms with Crippen molar-refractivity contribution in [1.29, 1.82) is 0 Å². The number of carbonyl (C=O) groups is 2. The quantitative estimate of drug-likeness (QED) is 0.221. The Morgan fingerprint density at radius 1 is 1.16 bits per heavy atom. The zero-order valence-electron chi connectivity index (χ0n) is 26.1. The Morgan fingerprint density at radius 3 is 2.47 bits per heavy atom. The van der Waals surface area contributed by atoms with Crippen molar-refractivity contribution in [1.82, 2.24) is 24.5 Å². The van der Waals surface area contributed by atoms with Crippen molar-refractivity contribution in [2.24, 2.45) is 5.41 Å². The fraction of sp³-hybridized carbons (Fsp3) is 0.424. The molecule has 5 rings (SSSR count). The largest absolute Gasteiger partial charge is 0.494 e. The molecule has 4 heterocycles. The van der Waals surface area contributed by atoms with Crippen LogP contribution in [0.3, 0.4) is 0 Å². The molecular weight excluding hydrogens is 579 g/mol. The number of benzene rings is 1. The molecule has 1 aromatic carbocycles. The molecule has 45 heavy (non-hydrogen) atoms. The van der Waals surface area contributed by atoms with Crippen molar-refractivity contribution in [3.63, 3.8) is 0 Å². The van der Waals surface area contributed by atoms with Gasteiger partial charge in [-0.2, -0.15) is 9.61 Å². The van der Waals surface area contributed by atoms with Crippen LogP contribution in [0.25, 0.3) is 28.0 Å². The third-order valence-corrected chi connectivity index (χ3v) is 8.91. The summed E-state index contributed by atoms with van der Waals surface area (Å²) in [6, 6.07) is 8.01. The van der Waals surface area contributed by atoms with Crippen LogP contribution in [0.2, 0.25) is 0 Å². The van der Waals surface area contributed by atoms with E-state index in [-0.39, 0.29) is 46.8 Å². The minimum Gasteiger partial charge on any atom is -0.494 e. The van der Waals surface area contributed by atoms with Crippen LogP contribution < -0.4 is 10.5 Å². The Labute approximate surface area is 260 Å². The molecule has 1 amide bonds. The number of anilines is 1. The van der Waals surface area contributed by atoms with Crippen molar-refractivity contribution in [3.05, 3.63) is 59.8 Å². The van der Waals surface area contributed by atoms with Gasteiger partial charge in [-0.05, 0) is 64.3 Å². The molecule has 12 heteroatoms. The number of carbonyl (C=O) groups excluding carboxylic acids is 2. The number of Topliss-reactive ketones (excluding diaryl/α,β-unsaturated/α-hetero) is 1. The van der Waals surface area contributed by atoms with E-state index in [1.807, 2.05) is 19.9 Å². The standard InChI is InChI=1S/C33H39FN6O5/c1-18(12-23-9-6-19(2)39(23)32(44)33(4,16-41)17-42)29-28(20(3)43)30(35)40-31(38-29)24(15-37-40)22-7-10-26(36-14-22)21-8-11-27(45-5)25(34)13-21/h7-8,10-11,13-15,18-19,23,41-42H,6,9,12,16-17,35H2,1-5H3. The molecule has 0 bridgehead atoms. The highest BCUT2D eigenvalue weighted by Gasteiger charge is 2.43. The van der Waals surface area contributed by atoms with Crippen LogP contribution in [-0.4, -0.2) is 78.8 Å². The van der Waals surface area contributed by atoms with Gasteiger partial charge in [0, 0.05) is 40.9 Å². The van der Waals surface area contributed by atoms with E-state index in [1.54, 1.807) is 42.4 Å². The number of nitrogens with two attached hydrogens (primary N) is 1. The van der Waals surface area contributed by atoms with Crippen LogP contribution in [-0.2, 0) is 4.79 Å². The van der Waals surface area contributed by atoms with Crippen LogP contribution in [0.5, 0.6) is 5.75 Å². The highest BCUT2D eigenvalue weighted by molar-refractivity contribution is 6.00. The number of ether oxygens (including phenoxy) is 1. The summed E-state index contributed by atoms with van der Waals surface area (Å²) < 4.78 is 20.7. The first-order valence-electron chi connectivity index (χ1n) is 15.0. The van der Waals surface area contributed by atoms with E-state index in [2.05, 4.69) is 10.1 Å². The number of fused-ring (bicyclic) bond motifs is 1. The number of halogens is 1. The molecule has 1 aliphatic heterocycles. The smallest absolute Gasteiger partial charge is 0.233 e. The third kappa shape index (κ3) is 5.75. The second-order valence-electron chi connectivity index (χ2n) is 12.2. The summed E-state index contributed by atoms with van der Waals surface area (Å²) in [5.74, 6) is -0.989. The highest BCUT2D eigenvalue weighted by atomic mass is 19.1. The Morgan fingerprint density at radius 2 is 1.87 bits per heavy atom. The summed E-state index contributed by atoms with van der Waals surface area (Å²) in [4.78, 5) is 37.6. The van der Waals surface area contributed by atoms with Gasteiger partial charge in [-0.25, -0.2) is 9.37 Å². The molecule has 0 saturated carbocycles. The van der Waals surface area contributed by atoms with E-state index < -0.39 is 24.4 Å². The zero-order valence-corrected chi connectivity index (χ0v) is 26.1. The molecule has 0 radical (unpaired) electrons. The maximum atomic E-state index is 14.3. The second kappa shape index (κ2) is 12.5. The highest BCUT2D eigenvalue weighted by Crippen LogP contribution is 2.37. The van der Waals surface area contributed by atoms with Gasteiger partial charge in [-0.1, -0.05) is 13.0 Å². The van der Waals surface area contributed by atoms with Crippen molar-refractivity contribution in [2.45, 2.75) is 65.0 Å². The van der Waals surface area contributed by atoms with Gasteiger partial charge in [0.2, 0.25) is 5.91 Å². The van der Waals surface area contributed by atoms with Crippen molar-refractivity contribution >= 4 is 23.2 Å². The van der Waals surface area contributed by atoms with Crippen molar-refractivity contribution in [3.8, 4) is 28.1 Å². The van der Waals surface area contributed by atoms with Gasteiger partial charge in [-0.3, -0.25) is 14.6 Å². The number of hydrogen-bond donors (Lipinski definition) is 3. The molecule has 3 atom stereocenters. The van der Waals surface area contributed by atoms with Crippen LogP contribution in [0.4, 0.5) is 10.2 Å². The minimum atomic E-state index is -1.29. The Balaban J connectivity index is 1.50. The number of rotatable bonds is 10. The summed E-state index contributed by atoms with van der Waals surface area (Å²) in [5, 5.41) is 24.2. The number of amides is 1. The van der Waals surface area contributed by atoms with E-state index in [9.17, 15) is 24.2 Å². The van der Waals surface area contributed by atoms with E-state index in [4.69, 9.17) is 15.5 Å². The van der Waals surface area contributed by atoms with Crippen molar-refractivity contribution < 1.29 is 28.9 Å². The van der Waals surface area contributed by atoms with E-state index >= 15 is 0 Å². The molecule has 0 aliphatic carbocycles.